The lowest BCUT2D eigenvalue weighted by molar-refractivity contribution is 0.0946. The quantitative estimate of drug-likeness (QED) is 0.859. The van der Waals surface area contributed by atoms with Gasteiger partial charge in [-0.2, -0.15) is 0 Å². The summed E-state index contributed by atoms with van der Waals surface area (Å²) in [4.78, 5) is 14.2. The van der Waals surface area contributed by atoms with E-state index in [1.165, 1.54) is 24.3 Å². The van der Waals surface area contributed by atoms with Gasteiger partial charge in [0.1, 0.15) is 5.82 Å². The van der Waals surface area contributed by atoms with Crippen molar-refractivity contribution in [3.8, 4) is 0 Å². The molecule has 0 saturated carbocycles. The third-order valence-electron chi connectivity index (χ3n) is 3.64. The predicted octanol–water partition coefficient (Wildman–Crippen LogP) is 1.52. The minimum Gasteiger partial charge on any atom is -0.383 e. The number of halogens is 1. The van der Waals surface area contributed by atoms with Crippen molar-refractivity contribution in [1.29, 1.82) is 0 Å². The van der Waals surface area contributed by atoms with Crippen LogP contribution in [0.25, 0.3) is 0 Å². The molecule has 1 aliphatic heterocycles. The zero-order valence-electron chi connectivity index (χ0n) is 11.8. The summed E-state index contributed by atoms with van der Waals surface area (Å²) in [6.45, 7) is 4.40. The van der Waals surface area contributed by atoms with Crippen molar-refractivity contribution in [2.24, 2.45) is 5.92 Å². The lowest BCUT2D eigenvalue weighted by Crippen LogP contribution is -2.31. The molecule has 1 heterocycles. The summed E-state index contributed by atoms with van der Waals surface area (Å²) < 4.78 is 17.8. The van der Waals surface area contributed by atoms with Crippen LogP contribution in [0, 0.1) is 11.7 Å². The van der Waals surface area contributed by atoms with Gasteiger partial charge in [0.25, 0.3) is 5.91 Å². The third kappa shape index (κ3) is 4.28. The second-order valence-electron chi connectivity index (χ2n) is 5.17. The van der Waals surface area contributed by atoms with E-state index in [0.29, 0.717) is 18.0 Å². The lowest BCUT2D eigenvalue weighted by Gasteiger charge is -2.15. The molecule has 1 atom stereocenters. The summed E-state index contributed by atoms with van der Waals surface area (Å²) in [5.74, 6) is 0.0164. The molecule has 1 aliphatic rings. The number of nitrogens with zero attached hydrogens (tertiary/aromatic N) is 1. The van der Waals surface area contributed by atoms with E-state index in [4.69, 9.17) is 4.74 Å². The van der Waals surface area contributed by atoms with Crippen LogP contribution >= 0.6 is 0 Å². The van der Waals surface area contributed by atoms with E-state index in [2.05, 4.69) is 10.2 Å². The largest absolute Gasteiger partial charge is 0.383 e. The first-order chi connectivity index (χ1) is 9.69. The summed E-state index contributed by atoms with van der Waals surface area (Å²) in [6, 6.07) is 5.61. The van der Waals surface area contributed by atoms with Gasteiger partial charge in [0.2, 0.25) is 0 Å². The molecule has 0 spiro atoms. The van der Waals surface area contributed by atoms with Crippen LogP contribution in [-0.2, 0) is 4.74 Å². The van der Waals surface area contributed by atoms with Crippen molar-refractivity contribution in [3.05, 3.63) is 35.6 Å². The molecule has 5 heteroatoms. The Morgan fingerprint density at radius 3 is 2.90 bits per heavy atom. The average Bonchev–Trinajstić information content (AvgIpc) is 2.91. The first kappa shape index (κ1) is 14.9. The van der Waals surface area contributed by atoms with Gasteiger partial charge in [-0.3, -0.25) is 4.79 Å². The van der Waals surface area contributed by atoms with E-state index in [1.807, 2.05) is 0 Å². The van der Waals surface area contributed by atoms with Crippen LogP contribution in [0.4, 0.5) is 4.39 Å². The Labute approximate surface area is 118 Å². The van der Waals surface area contributed by atoms with E-state index in [0.717, 1.165) is 32.7 Å². The normalized spacial score (nSPS) is 19.2. The summed E-state index contributed by atoms with van der Waals surface area (Å²) in [6.07, 6.45) is 1.09. The van der Waals surface area contributed by atoms with E-state index >= 15 is 0 Å². The molecule has 1 saturated heterocycles. The molecular weight excluding hydrogens is 259 g/mol. The fraction of sp³-hybridized carbons (Fsp3) is 0.533. The molecule has 110 valence electrons. The zero-order chi connectivity index (χ0) is 14.4. The molecule has 0 aliphatic carbocycles. The van der Waals surface area contributed by atoms with Gasteiger partial charge in [-0.05, 0) is 43.1 Å². The number of ether oxygens (including phenoxy) is 1. The molecule has 1 amide bonds. The highest BCUT2D eigenvalue weighted by molar-refractivity contribution is 5.94. The van der Waals surface area contributed by atoms with Crippen LogP contribution in [0.2, 0.25) is 0 Å². The number of nitrogens with one attached hydrogen (secondary N) is 1. The number of carbonyl (C=O) groups is 1. The Morgan fingerprint density at radius 2 is 2.20 bits per heavy atom. The summed E-state index contributed by atoms with van der Waals surface area (Å²) >= 11 is 0. The standard InChI is InChI=1S/C15H21FN2O2/c1-20-9-8-18-7-6-12(11-18)10-17-15(19)13-2-4-14(16)5-3-13/h2-5,12H,6-11H2,1H3,(H,17,19)/t12-/m1/s1. The van der Waals surface area contributed by atoms with Gasteiger partial charge in [-0.25, -0.2) is 4.39 Å². The monoisotopic (exact) mass is 280 g/mol. The Bertz CT molecular complexity index is 436. The minimum atomic E-state index is -0.328. The fourth-order valence-corrected chi connectivity index (χ4v) is 2.44. The third-order valence-corrected chi connectivity index (χ3v) is 3.64. The number of methoxy groups -OCH3 is 1. The number of rotatable bonds is 6. The highest BCUT2D eigenvalue weighted by Crippen LogP contribution is 2.15. The maximum atomic E-state index is 12.8. The second-order valence-corrected chi connectivity index (χ2v) is 5.17. The van der Waals surface area contributed by atoms with Crippen molar-refractivity contribution in [2.45, 2.75) is 6.42 Å². The molecule has 1 fully saturated rings. The van der Waals surface area contributed by atoms with Crippen LogP contribution in [0.5, 0.6) is 0 Å². The number of hydrogen-bond acceptors (Lipinski definition) is 3. The molecule has 0 radical (unpaired) electrons. The first-order valence-corrected chi connectivity index (χ1v) is 6.94. The van der Waals surface area contributed by atoms with E-state index in [-0.39, 0.29) is 11.7 Å². The Balaban J connectivity index is 1.73. The summed E-state index contributed by atoms with van der Waals surface area (Å²) in [7, 11) is 1.70. The fourth-order valence-electron chi connectivity index (χ4n) is 2.44. The maximum absolute atomic E-state index is 12.8. The number of carbonyl (C=O) groups excluding carboxylic acids is 1. The van der Waals surface area contributed by atoms with E-state index in [9.17, 15) is 9.18 Å². The summed E-state index contributed by atoms with van der Waals surface area (Å²) in [5.41, 5.74) is 0.501. The van der Waals surface area contributed by atoms with E-state index < -0.39 is 0 Å². The second kappa shape index (κ2) is 7.36. The maximum Gasteiger partial charge on any atom is 0.251 e. The van der Waals surface area contributed by atoms with Crippen molar-refractivity contribution in [3.63, 3.8) is 0 Å². The van der Waals surface area contributed by atoms with Crippen LogP contribution < -0.4 is 5.32 Å². The number of amides is 1. The van der Waals surface area contributed by atoms with Gasteiger partial charge < -0.3 is 15.0 Å². The highest BCUT2D eigenvalue weighted by atomic mass is 19.1. The van der Waals surface area contributed by atoms with Gasteiger partial charge >= 0.3 is 0 Å². The van der Waals surface area contributed by atoms with Crippen LogP contribution in [-0.4, -0.2) is 50.7 Å². The van der Waals surface area contributed by atoms with Crippen LogP contribution in [0.1, 0.15) is 16.8 Å². The predicted molar refractivity (Wildman–Crippen MR) is 75.2 cm³/mol. The molecular formula is C15H21FN2O2. The van der Waals surface area contributed by atoms with Crippen molar-refractivity contribution in [2.75, 3.05) is 39.9 Å². The Hall–Kier alpha value is -1.46. The van der Waals surface area contributed by atoms with Gasteiger partial charge in [-0.15, -0.1) is 0 Å². The molecule has 1 aromatic carbocycles. The Morgan fingerprint density at radius 1 is 1.45 bits per heavy atom. The SMILES string of the molecule is COCCN1CC[C@H](CNC(=O)c2ccc(F)cc2)C1. The highest BCUT2D eigenvalue weighted by Gasteiger charge is 2.22. The molecule has 1 N–H and O–H groups in total. The molecule has 20 heavy (non-hydrogen) atoms. The lowest BCUT2D eigenvalue weighted by atomic mass is 10.1. The number of benzene rings is 1. The van der Waals surface area contributed by atoms with Crippen LogP contribution in [0.15, 0.2) is 24.3 Å². The molecule has 0 aromatic heterocycles. The topological polar surface area (TPSA) is 41.6 Å². The molecule has 1 aromatic rings. The molecule has 0 bridgehead atoms. The zero-order valence-corrected chi connectivity index (χ0v) is 11.8. The molecule has 4 nitrogen and oxygen atoms in total. The molecule has 0 unspecified atom stereocenters. The van der Waals surface area contributed by atoms with Crippen molar-refractivity contribution >= 4 is 5.91 Å². The van der Waals surface area contributed by atoms with Gasteiger partial charge in [0.15, 0.2) is 0 Å². The summed E-state index contributed by atoms with van der Waals surface area (Å²) in [5, 5.41) is 2.92. The Kier molecular flexibility index (Phi) is 5.49. The van der Waals surface area contributed by atoms with Gasteiger partial charge in [0.05, 0.1) is 6.61 Å². The smallest absolute Gasteiger partial charge is 0.251 e. The van der Waals surface area contributed by atoms with Crippen molar-refractivity contribution in [1.82, 2.24) is 10.2 Å². The number of hydrogen-bond donors (Lipinski definition) is 1. The van der Waals surface area contributed by atoms with Gasteiger partial charge in [-0.1, -0.05) is 0 Å². The van der Waals surface area contributed by atoms with Gasteiger partial charge in [0, 0.05) is 32.3 Å². The van der Waals surface area contributed by atoms with Crippen molar-refractivity contribution < 1.29 is 13.9 Å². The van der Waals surface area contributed by atoms with Crippen LogP contribution in [0.3, 0.4) is 0 Å². The minimum absolute atomic E-state index is 0.139. The van der Waals surface area contributed by atoms with E-state index in [1.54, 1.807) is 7.11 Å². The first-order valence-electron chi connectivity index (χ1n) is 6.94. The average molecular weight is 280 g/mol. The molecule has 2 rings (SSSR count). The number of likely N-dealkylation sites (tertiary alicyclic amines) is 1.